The molecule has 1 aromatic rings. The van der Waals surface area contributed by atoms with Crippen LogP contribution in [0, 0.1) is 0 Å². The van der Waals surface area contributed by atoms with Crippen LogP contribution in [0.25, 0.3) is 0 Å². The Morgan fingerprint density at radius 2 is 2.12 bits per heavy atom. The van der Waals surface area contributed by atoms with E-state index >= 15 is 0 Å². The molecule has 0 aromatic heterocycles. The minimum Gasteiger partial charge on any atom is -0.496 e. The highest BCUT2D eigenvalue weighted by atomic mass is 32.2. The molecule has 3 nitrogen and oxygen atoms in total. The fourth-order valence-corrected chi connectivity index (χ4v) is 2.71. The summed E-state index contributed by atoms with van der Waals surface area (Å²) in [6.45, 7) is 2.55. The number of ether oxygens (including phenoxy) is 1. The highest BCUT2D eigenvalue weighted by Gasteiger charge is 2.12. The molecule has 2 N–H and O–H groups in total. The lowest BCUT2D eigenvalue weighted by molar-refractivity contribution is 0.411. The predicted octanol–water partition coefficient (Wildman–Crippen LogP) is 1.68. The van der Waals surface area contributed by atoms with Gasteiger partial charge in [0, 0.05) is 21.6 Å². The molecule has 90 valence electrons. The van der Waals surface area contributed by atoms with Gasteiger partial charge in [0.05, 0.1) is 12.9 Å². The summed E-state index contributed by atoms with van der Waals surface area (Å²) in [7, 11) is 0.743. The predicted molar refractivity (Wildman–Crippen MR) is 68.0 cm³/mol. The van der Waals surface area contributed by atoms with Crippen molar-refractivity contribution >= 4 is 10.8 Å². The normalized spacial score (nSPS) is 14.4. The molecule has 0 fully saturated rings. The molecule has 2 atom stereocenters. The van der Waals surface area contributed by atoms with Gasteiger partial charge in [-0.25, -0.2) is 0 Å². The van der Waals surface area contributed by atoms with Crippen molar-refractivity contribution in [2.24, 2.45) is 5.73 Å². The van der Waals surface area contributed by atoms with Gasteiger partial charge in [-0.2, -0.15) is 0 Å². The fourth-order valence-electron chi connectivity index (χ4n) is 1.48. The number of benzene rings is 1. The number of nitrogens with two attached hydrogens (primary N) is 1. The van der Waals surface area contributed by atoms with Crippen molar-refractivity contribution < 1.29 is 8.95 Å². The molecule has 0 aliphatic carbocycles. The molecule has 4 heteroatoms. The van der Waals surface area contributed by atoms with Gasteiger partial charge in [0.1, 0.15) is 5.75 Å². The Labute approximate surface area is 99.4 Å². The molecule has 0 amide bonds. The van der Waals surface area contributed by atoms with E-state index in [4.69, 9.17) is 10.5 Å². The maximum atomic E-state index is 12.0. The maximum Gasteiger partial charge on any atom is 0.122 e. The molecule has 16 heavy (non-hydrogen) atoms. The maximum absolute atomic E-state index is 12.0. The molecule has 0 aliphatic rings. The average molecular weight is 241 g/mol. The summed E-state index contributed by atoms with van der Waals surface area (Å²) in [5.74, 6) is 1.33. The third kappa shape index (κ3) is 3.61. The minimum absolute atomic E-state index is 0.134. The van der Waals surface area contributed by atoms with E-state index in [1.807, 2.05) is 31.2 Å². The van der Waals surface area contributed by atoms with Gasteiger partial charge in [-0.1, -0.05) is 25.1 Å². The van der Waals surface area contributed by atoms with E-state index in [1.165, 1.54) is 0 Å². The van der Waals surface area contributed by atoms with E-state index in [2.05, 4.69) is 0 Å². The van der Waals surface area contributed by atoms with Gasteiger partial charge in [0.15, 0.2) is 0 Å². The van der Waals surface area contributed by atoms with Crippen molar-refractivity contribution in [1.82, 2.24) is 0 Å². The zero-order valence-electron chi connectivity index (χ0n) is 9.81. The van der Waals surface area contributed by atoms with Gasteiger partial charge in [-0.3, -0.25) is 4.21 Å². The van der Waals surface area contributed by atoms with Crippen molar-refractivity contribution in [3.63, 3.8) is 0 Å². The molecule has 0 radical (unpaired) electrons. The molecule has 0 spiro atoms. The number of hydrogen-bond acceptors (Lipinski definition) is 3. The van der Waals surface area contributed by atoms with Gasteiger partial charge in [-0.05, 0) is 19.0 Å². The molecule has 0 heterocycles. The second-order valence-corrected chi connectivity index (χ2v) is 5.58. The van der Waals surface area contributed by atoms with Crippen LogP contribution in [0.15, 0.2) is 24.3 Å². The van der Waals surface area contributed by atoms with Crippen LogP contribution in [0.5, 0.6) is 5.75 Å². The highest BCUT2D eigenvalue weighted by molar-refractivity contribution is 7.84. The SMILES string of the molecule is COc1ccccc1CS(=O)C(C)CCN. The van der Waals surface area contributed by atoms with E-state index in [1.54, 1.807) is 7.11 Å². The quantitative estimate of drug-likeness (QED) is 0.824. The van der Waals surface area contributed by atoms with Gasteiger partial charge in [0.2, 0.25) is 0 Å². The van der Waals surface area contributed by atoms with Crippen LogP contribution in [0.4, 0.5) is 0 Å². The Morgan fingerprint density at radius 1 is 1.44 bits per heavy atom. The standard InChI is InChI=1S/C12H19NO2S/c1-10(7-8-13)16(14)9-11-5-3-4-6-12(11)15-2/h3-6,10H,7-9,13H2,1-2H3. The van der Waals surface area contributed by atoms with Crippen molar-refractivity contribution in [2.45, 2.75) is 24.3 Å². The summed E-state index contributed by atoms with van der Waals surface area (Å²) in [6, 6.07) is 7.68. The Bertz CT molecular complexity index is 355. The lowest BCUT2D eigenvalue weighted by atomic mass is 10.2. The third-order valence-electron chi connectivity index (χ3n) is 2.51. The molecule has 1 aromatic carbocycles. The summed E-state index contributed by atoms with van der Waals surface area (Å²) in [4.78, 5) is 0. The zero-order valence-corrected chi connectivity index (χ0v) is 10.6. The first-order valence-corrected chi connectivity index (χ1v) is 6.76. The molecule has 0 aliphatic heterocycles. The van der Waals surface area contributed by atoms with Crippen LogP contribution in [0.1, 0.15) is 18.9 Å². The molecular weight excluding hydrogens is 222 g/mol. The van der Waals surface area contributed by atoms with Crippen molar-refractivity contribution in [3.05, 3.63) is 29.8 Å². The van der Waals surface area contributed by atoms with E-state index < -0.39 is 10.8 Å². The molecule has 1 rings (SSSR count). The molecule has 2 unspecified atom stereocenters. The van der Waals surface area contributed by atoms with E-state index in [-0.39, 0.29) is 5.25 Å². The van der Waals surface area contributed by atoms with E-state index in [9.17, 15) is 4.21 Å². The van der Waals surface area contributed by atoms with E-state index in [0.717, 1.165) is 17.7 Å². The van der Waals surface area contributed by atoms with Crippen LogP contribution < -0.4 is 10.5 Å². The average Bonchev–Trinajstić information content (AvgIpc) is 2.30. The number of hydrogen-bond donors (Lipinski definition) is 1. The van der Waals surface area contributed by atoms with Crippen molar-refractivity contribution in [3.8, 4) is 5.75 Å². The Morgan fingerprint density at radius 3 is 2.75 bits per heavy atom. The lowest BCUT2D eigenvalue weighted by Crippen LogP contribution is -2.17. The monoisotopic (exact) mass is 241 g/mol. The summed E-state index contributed by atoms with van der Waals surface area (Å²) in [5, 5.41) is 0.134. The molecule has 0 bridgehead atoms. The molecule has 0 saturated heterocycles. The first-order valence-electron chi connectivity index (χ1n) is 5.38. The van der Waals surface area contributed by atoms with Crippen LogP contribution in [0.2, 0.25) is 0 Å². The van der Waals surface area contributed by atoms with Gasteiger partial charge < -0.3 is 10.5 Å². The minimum atomic E-state index is -0.888. The molecular formula is C12H19NO2S. The number of para-hydroxylation sites is 1. The second kappa shape index (κ2) is 6.66. The fraction of sp³-hybridized carbons (Fsp3) is 0.500. The second-order valence-electron chi connectivity index (χ2n) is 3.72. The Hall–Kier alpha value is -0.870. The van der Waals surface area contributed by atoms with Gasteiger partial charge in [0.25, 0.3) is 0 Å². The van der Waals surface area contributed by atoms with Crippen LogP contribution in [-0.4, -0.2) is 23.1 Å². The van der Waals surface area contributed by atoms with Crippen molar-refractivity contribution in [2.75, 3.05) is 13.7 Å². The molecule has 0 saturated carbocycles. The number of methoxy groups -OCH3 is 1. The van der Waals surface area contributed by atoms with E-state index in [0.29, 0.717) is 12.3 Å². The highest BCUT2D eigenvalue weighted by Crippen LogP contribution is 2.20. The Kier molecular flexibility index (Phi) is 5.49. The van der Waals surface area contributed by atoms with Crippen LogP contribution in [0.3, 0.4) is 0 Å². The van der Waals surface area contributed by atoms with Crippen LogP contribution >= 0.6 is 0 Å². The van der Waals surface area contributed by atoms with Gasteiger partial charge in [-0.15, -0.1) is 0 Å². The summed E-state index contributed by atoms with van der Waals surface area (Å²) < 4.78 is 17.2. The van der Waals surface area contributed by atoms with Crippen LogP contribution in [-0.2, 0) is 16.6 Å². The smallest absolute Gasteiger partial charge is 0.122 e. The number of rotatable bonds is 6. The summed E-state index contributed by atoms with van der Waals surface area (Å²) >= 11 is 0. The van der Waals surface area contributed by atoms with Gasteiger partial charge >= 0.3 is 0 Å². The largest absolute Gasteiger partial charge is 0.496 e. The van der Waals surface area contributed by atoms with Crippen molar-refractivity contribution in [1.29, 1.82) is 0 Å². The third-order valence-corrected chi connectivity index (χ3v) is 4.24. The first-order chi connectivity index (χ1) is 7.69. The summed E-state index contributed by atoms with van der Waals surface area (Å²) in [6.07, 6.45) is 0.793. The Balaban J connectivity index is 2.69. The first kappa shape index (κ1) is 13.2. The summed E-state index contributed by atoms with van der Waals surface area (Å²) in [5.41, 5.74) is 6.45. The topological polar surface area (TPSA) is 52.3 Å². The lowest BCUT2D eigenvalue weighted by Gasteiger charge is -2.12. The zero-order chi connectivity index (χ0) is 12.0.